The normalized spacial score (nSPS) is 24.2. The van der Waals surface area contributed by atoms with Crippen molar-refractivity contribution in [3.63, 3.8) is 0 Å². The molecule has 5 rings (SSSR count). The second kappa shape index (κ2) is 8.84. The van der Waals surface area contributed by atoms with Crippen molar-refractivity contribution < 1.29 is 18.6 Å². The number of aromatic nitrogens is 3. The number of anilines is 1. The number of nitrogens with one attached hydrogen (secondary N) is 1. The summed E-state index contributed by atoms with van der Waals surface area (Å²) in [5.41, 5.74) is 9.52. The van der Waals surface area contributed by atoms with Gasteiger partial charge in [-0.3, -0.25) is 0 Å². The molecule has 2 aromatic heterocycles. The molecule has 178 valence electrons. The van der Waals surface area contributed by atoms with Gasteiger partial charge < -0.3 is 20.5 Å². The van der Waals surface area contributed by atoms with Crippen LogP contribution < -0.4 is 15.6 Å². The van der Waals surface area contributed by atoms with Crippen LogP contribution in [0.15, 0.2) is 35.6 Å². The number of nitrogens with zero attached hydrogens (tertiary/aromatic N) is 3. The Morgan fingerprint density at radius 1 is 1.21 bits per heavy atom. The molecular weight excluding hydrogens is 476 g/mol. The zero-order chi connectivity index (χ0) is 24.0. The molecule has 0 unspecified atom stereocenters. The maximum Gasteiger partial charge on any atom is 0.274 e. The molecule has 3 aromatic rings. The maximum absolute atomic E-state index is 11.3. The van der Waals surface area contributed by atoms with Crippen molar-refractivity contribution in [2.24, 2.45) is 11.1 Å². The van der Waals surface area contributed by atoms with E-state index < -0.39 is 34.4 Å². The first kappa shape index (κ1) is 23.1. The first-order valence-corrected chi connectivity index (χ1v) is 13.3. The van der Waals surface area contributed by atoms with Gasteiger partial charge in [0.05, 0.1) is 23.1 Å². The van der Waals surface area contributed by atoms with E-state index in [2.05, 4.69) is 32.6 Å². The summed E-state index contributed by atoms with van der Waals surface area (Å²) < 4.78 is 26.5. The minimum Gasteiger partial charge on any atom is -0.390 e. The number of aliphatic hydroxyl groups is 2. The van der Waals surface area contributed by atoms with E-state index in [4.69, 9.17) is 10.9 Å². The summed E-state index contributed by atoms with van der Waals surface area (Å²) in [6.45, 7) is -0.0899. The summed E-state index contributed by atoms with van der Waals surface area (Å²) in [5.74, 6) is 7.23. The van der Waals surface area contributed by atoms with E-state index in [1.807, 2.05) is 12.1 Å². The largest absolute Gasteiger partial charge is 0.390 e. The fourth-order valence-corrected chi connectivity index (χ4v) is 6.31. The van der Waals surface area contributed by atoms with Gasteiger partial charge in [-0.15, -0.1) is 11.8 Å². The zero-order valence-corrected chi connectivity index (χ0v) is 19.7. The van der Waals surface area contributed by atoms with E-state index >= 15 is 0 Å². The Kier molecular flexibility index (Phi) is 6.01. The third-order valence-electron chi connectivity index (χ3n) is 6.36. The Morgan fingerprint density at radius 3 is 2.79 bits per heavy atom. The number of hydrogen-bond acceptors (Lipinski definition) is 8. The van der Waals surface area contributed by atoms with Gasteiger partial charge in [-0.05, 0) is 24.5 Å². The fourth-order valence-electron chi connectivity index (χ4n) is 4.71. The molecule has 1 aromatic carbocycles. The van der Waals surface area contributed by atoms with Gasteiger partial charge in [0, 0.05) is 34.9 Å². The third kappa shape index (κ3) is 4.26. The highest BCUT2D eigenvalue weighted by Gasteiger charge is 2.43. The van der Waals surface area contributed by atoms with Gasteiger partial charge in [-0.1, -0.05) is 24.0 Å². The Bertz CT molecular complexity index is 1430. The smallest absolute Gasteiger partial charge is 0.274 e. The Hall–Kier alpha value is -2.66. The number of benzene rings is 1. The zero-order valence-electron chi connectivity index (χ0n) is 18.0. The summed E-state index contributed by atoms with van der Waals surface area (Å²) in [5, 5.41) is 26.9. The highest BCUT2D eigenvalue weighted by molar-refractivity contribution is 7.99. The van der Waals surface area contributed by atoms with Crippen molar-refractivity contribution >= 4 is 38.8 Å². The van der Waals surface area contributed by atoms with Gasteiger partial charge in [0.25, 0.3) is 10.2 Å². The molecule has 0 amide bonds. The van der Waals surface area contributed by atoms with Gasteiger partial charge in [0.2, 0.25) is 0 Å². The predicted molar refractivity (Wildman–Crippen MR) is 129 cm³/mol. The first-order valence-electron chi connectivity index (χ1n) is 10.7. The number of nitrogens with two attached hydrogens (primary N) is 2. The van der Waals surface area contributed by atoms with Crippen LogP contribution in [-0.2, 0) is 16.6 Å². The number of hydrogen-bond donors (Lipinski definition) is 5. The van der Waals surface area contributed by atoms with Crippen molar-refractivity contribution in [1.82, 2.24) is 19.3 Å². The monoisotopic (exact) mass is 500 g/mol. The lowest BCUT2D eigenvalue weighted by Gasteiger charge is -2.18. The van der Waals surface area contributed by atoms with E-state index in [9.17, 15) is 18.6 Å². The lowest BCUT2D eigenvalue weighted by molar-refractivity contribution is 0.00769. The van der Waals surface area contributed by atoms with Crippen LogP contribution in [0.25, 0.3) is 11.0 Å². The molecule has 0 bridgehead atoms. The second-order valence-corrected chi connectivity index (χ2v) is 11.0. The summed E-state index contributed by atoms with van der Waals surface area (Å²) in [6.07, 6.45) is 2.13. The molecule has 12 heteroatoms. The number of aryl methyl sites for hydroxylation is 1. The van der Waals surface area contributed by atoms with Gasteiger partial charge >= 0.3 is 0 Å². The maximum atomic E-state index is 11.3. The predicted octanol–water partition coefficient (Wildman–Crippen LogP) is 0.137. The lowest BCUT2D eigenvalue weighted by Crippen LogP contribution is -2.38. The first-order chi connectivity index (χ1) is 16.2. The van der Waals surface area contributed by atoms with E-state index in [1.54, 1.807) is 22.5 Å². The van der Waals surface area contributed by atoms with Crippen molar-refractivity contribution in [1.29, 1.82) is 0 Å². The standard InChI is InChI=1S/C22H24N6O4S2/c23-21-17-14(5-4-12-2-1-3-13-6-7-33-20(12)13)10-28(22(17)26-11-25-21)16-8-15(18(29)19(16)30)9-27-34(24,31)32/h1-3,10-11,15-16,18-19,27,29-30H,6-9H2,(H2,23,25,26)(H2,24,31,32)/t15-,16-,18-,19+/m1/s1. The number of thioether (sulfide) groups is 1. The Morgan fingerprint density at radius 2 is 2.00 bits per heavy atom. The number of fused-ring (bicyclic) bond motifs is 2. The minimum atomic E-state index is -3.92. The summed E-state index contributed by atoms with van der Waals surface area (Å²) in [6, 6.07) is 5.54. The minimum absolute atomic E-state index is 0.0899. The van der Waals surface area contributed by atoms with Gasteiger partial charge in [-0.25, -0.2) is 19.8 Å². The van der Waals surface area contributed by atoms with Crippen molar-refractivity contribution in [2.45, 2.75) is 36.0 Å². The molecule has 0 saturated heterocycles. The third-order valence-corrected chi connectivity index (χ3v) is 8.11. The average Bonchev–Trinajstić information content (AvgIpc) is 3.48. The Balaban J connectivity index is 1.52. The summed E-state index contributed by atoms with van der Waals surface area (Å²) in [4.78, 5) is 9.67. The fraction of sp³-hybridized carbons (Fsp3) is 0.364. The molecule has 0 radical (unpaired) electrons. The summed E-state index contributed by atoms with van der Waals surface area (Å²) in [7, 11) is -3.92. The molecule has 1 fully saturated rings. The average molecular weight is 501 g/mol. The van der Waals surface area contributed by atoms with Crippen LogP contribution in [0.4, 0.5) is 5.82 Å². The van der Waals surface area contributed by atoms with Crippen LogP contribution >= 0.6 is 11.8 Å². The van der Waals surface area contributed by atoms with E-state index in [-0.39, 0.29) is 12.4 Å². The molecule has 2 aliphatic rings. The SMILES string of the molecule is Nc1ncnc2c1c(C#Cc1cccc3c1SCC3)cn2[C@@H]1C[C@H](CNS(N)(=O)=O)[C@@H](O)[C@H]1O. The Labute approximate surface area is 201 Å². The highest BCUT2D eigenvalue weighted by Crippen LogP contribution is 2.39. The quantitative estimate of drug-likeness (QED) is 0.315. The molecule has 4 atom stereocenters. The van der Waals surface area contributed by atoms with Crippen LogP contribution in [0.3, 0.4) is 0 Å². The van der Waals surface area contributed by atoms with E-state index in [0.29, 0.717) is 23.0 Å². The van der Waals surface area contributed by atoms with Gasteiger partial charge in [0.1, 0.15) is 23.9 Å². The van der Waals surface area contributed by atoms with E-state index in [1.165, 1.54) is 16.8 Å². The van der Waals surface area contributed by atoms with Crippen LogP contribution in [0.2, 0.25) is 0 Å². The van der Waals surface area contributed by atoms with Crippen LogP contribution in [0.1, 0.15) is 29.2 Å². The van der Waals surface area contributed by atoms with Gasteiger partial charge in [-0.2, -0.15) is 8.42 Å². The molecule has 10 nitrogen and oxygen atoms in total. The molecule has 1 saturated carbocycles. The number of rotatable bonds is 4. The van der Waals surface area contributed by atoms with Crippen molar-refractivity contribution in [3.05, 3.63) is 47.4 Å². The molecule has 3 heterocycles. The van der Waals surface area contributed by atoms with Crippen molar-refractivity contribution in [3.8, 4) is 11.8 Å². The molecule has 0 spiro atoms. The molecule has 1 aliphatic heterocycles. The van der Waals surface area contributed by atoms with Crippen molar-refractivity contribution in [2.75, 3.05) is 18.0 Å². The molecule has 7 N–H and O–H groups in total. The number of aliphatic hydroxyl groups excluding tert-OH is 2. The van der Waals surface area contributed by atoms with Gasteiger partial charge in [0.15, 0.2) is 0 Å². The van der Waals surface area contributed by atoms with Crippen LogP contribution in [0, 0.1) is 17.8 Å². The lowest BCUT2D eigenvalue weighted by atomic mass is 10.1. The van der Waals surface area contributed by atoms with E-state index in [0.717, 1.165) is 17.7 Å². The number of nitrogen functional groups attached to an aromatic ring is 1. The topological polar surface area (TPSA) is 169 Å². The molecular formula is C22H24N6O4S2. The highest BCUT2D eigenvalue weighted by atomic mass is 32.2. The molecule has 1 aliphatic carbocycles. The van der Waals surface area contributed by atoms with Crippen LogP contribution in [0.5, 0.6) is 0 Å². The summed E-state index contributed by atoms with van der Waals surface area (Å²) >= 11 is 1.79. The van der Waals surface area contributed by atoms with Crippen LogP contribution in [-0.4, -0.2) is 57.7 Å². The second-order valence-electron chi connectivity index (χ2n) is 8.49. The molecule has 34 heavy (non-hydrogen) atoms.